The number of methoxy groups -OCH3 is 1. The molecular weight excluding hydrogens is 551 g/mol. The van der Waals surface area contributed by atoms with Crippen LogP contribution in [0.1, 0.15) is 88.9 Å². The standard InChI is InChI=1S/C32H44Cl2O6/c1-17(8-11-27(37)39-4)20-9-10-21-28-22(16-26(36)32(20,21)3)31(2)13-12-19(14-18(31)15-25(28)35)40-30(38)29-23(33)6-5-7-24(29)34/h5-7,17-22,25-26,28,35-36H,8-16H2,1-4H3/t17-,18+,19-,20-,21+,22+,25-,26+,28+,31+,32-/m1/s1. The SMILES string of the molecule is COC(=O)CC[C@@H](C)[C@H]1CC[C@H]2[C@@H]3[C@H](O)C[C@@H]4C[C@H](OC(=O)c5c(Cl)cccc5Cl)CC[C@]4(C)[C@H]3C[C@H](O)[C@]12C. The van der Waals surface area contributed by atoms with E-state index in [0.717, 1.165) is 32.1 Å². The van der Waals surface area contributed by atoms with E-state index in [-0.39, 0.29) is 62.2 Å². The fraction of sp³-hybridized carbons (Fsp3) is 0.750. The highest BCUT2D eigenvalue weighted by Gasteiger charge is 2.65. The van der Waals surface area contributed by atoms with Gasteiger partial charge in [-0.2, -0.15) is 0 Å². The van der Waals surface area contributed by atoms with E-state index in [0.29, 0.717) is 37.5 Å². The van der Waals surface area contributed by atoms with Gasteiger partial charge in [0.05, 0.1) is 34.9 Å². The van der Waals surface area contributed by atoms with Gasteiger partial charge in [-0.3, -0.25) is 4.79 Å². The average Bonchev–Trinajstić information content (AvgIpc) is 3.27. The van der Waals surface area contributed by atoms with Crippen molar-refractivity contribution in [3.8, 4) is 0 Å². The Labute approximate surface area is 248 Å². The highest BCUT2D eigenvalue weighted by Crippen LogP contribution is 2.68. The number of halogens is 2. The number of benzene rings is 1. The van der Waals surface area contributed by atoms with Gasteiger partial charge in [-0.1, -0.05) is 50.0 Å². The van der Waals surface area contributed by atoms with Crippen molar-refractivity contribution >= 4 is 35.1 Å². The van der Waals surface area contributed by atoms with Crippen LogP contribution in [0.4, 0.5) is 0 Å². The van der Waals surface area contributed by atoms with Crippen molar-refractivity contribution in [3.63, 3.8) is 0 Å². The van der Waals surface area contributed by atoms with Crippen molar-refractivity contribution in [3.05, 3.63) is 33.8 Å². The topological polar surface area (TPSA) is 93.1 Å². The second-order valence-electron chi connectivity index (χ2n) is 13.6. The van der Waals surface area contributed by atoms with Crippen LogP contribution in [0.3, 0.4) is 0 Å². The Hall–Kier alpha value is -1.34. The Bertz CT molecular complexity index is 1110. The molecule has 40 heavy (non-hydrogen) atoms. The predicted molar refractivity (Wildman–Crippen MR) is 154 cm³/mol. The number of carbonyl (C=O) groups excluding carboxylic acids is 2. The maximum atomic E-state index is 13.0. The van der Waals surface area contributed by atoms with Gasteiger partial charge in [-0.25, -0.2) is 4.79 Å². The van der Waals surface area contributed by atoms with Gasteiger partial charge in [0.25, 0.3) is 0 Å². The van der Waals surface area contributed by atoms with E-state index in [1.807, 2.05) is 0 Å². The Morgan fingerprint density at radius 2 is 1.75 bits per heavy atom. The second-order valence-corrected chi connectivity index (χ2v) is 14.4. The molecule has 5 rings (SSSR count). The third-order valence-electron chi connectivity index (χ3n) is 12.0. The number of aliphatic hydroxyl groups is 2. The molecule has 11 atom stereocenters. The molecule has 4 saturated carbocycles. The normalized spacial score (nSPS) is 41.3. The van der Waals surface area contributed by atoms with E-state index in [2.05, 4.69) is 20.8 Å². The fourth-order valence-corrected chi connectivity index (χ4v) is 10.3. The maximum absolute atomic E-state index is 13.0. The van der Waals surface area contributed by atoms with Gasteiger partial charge in [0.1, 0.15) is 6.10 Å². The molecule has 0 aromatic heterocycles. The number of hydrogen-bond acceptors (Lipinski definition) is 6. The molecule has 1 aromatic rings. The van der Waals surface area contributed by atoms with Crippen LogP contribution in [-0.4, -0.2) is 47.6 Å². The lowest BCUT2D eigenvalue weighted by Gasteiger charge is -2.63. The van der Waals surface area contributed by atoms with E-state index in [1.54, 1.807) is 18.2 Å². The van der Waals surface area contributed by atoms with Crippen molar-refractivity contribution in [1.29, 1.82) is 0 Å². The zero-order chi connectivity index (χ0) is 29.0. The summed E-state index contributed by atoms with van der Waals surface area (Å²) in [4.78, 5) is 24.8. The molecule has 222 valence electrons. The van der Waals surface area contributed by atoms with Crippen molar-refractivity contribution < 1.29 is 29.3 Å². The molecule has 1 aromatic carbocycles. The van der Waals surface area contributed by atoms with Gasteiger partial charge in [0.2, 0.25) is 0 Å². The number of rotatable bonds is 6. The van der Waals surface area contributed by atoms with Crippen LogP contribution < -0.4 is 0 Å². The fourth-order valence-electron chi connectivity index (χ4n) is 9.77. The van der Waals surface area contributed by atoms with Gasteiger partial charge >= 0.3 is 11.9 Å². The minimum Gasteiger partial charge on any atom is -0.469 e. The number of esters is 2. The number of carbonyl (C=O) groups is 2. The molecule has 0 heterocycles. The Morgan fingerprint density at radius 1 is 1.05 bits per heavy atom. The van der Waals surface area contributed by atoms with Crippen LogP contribution in [-0.2, 0) is 14.3 Å². The summed E-state index contributed by atoms with van der Waals surface area (Å²) in [6, 6.07) is 4.97. The molecule has 0 unspecified atom stereocenters. The molecule has 2 N–H and O–H groups in total. The molecule has 0 radical (unpaired) electrons. The summed E-state index contributed by atoms with van der Waals surface area (Å²) in [5.74, 6) is 0.724. The highest BCUT2D eigenvalue weighted by molar-refractivity contribution is 6.39. The van der Waals surface area contributed by atoms with Crippen molar-refractivity contribution in [2.24, 2.45) is 46.3 Å². The predicted octanol–water partition coefficient (Wildman–Crippen LogP) is 6.71. The summed E-state index contributed by atoms with van der Waals surface area (Å²) in [5, 5.41) is 24.0. The lowest BCUT2D eigenvalue weighted by atomic mass is 9.43. The third kappa shape index (κ3) is 4.99. The number of fused-ring (bicyclic) bond motifs is 5. The first kappa shape index (κ1) is 30.1. The smallest absolute Gasteiger partial charge is 0.341 e. The van der Waals surface area contributed by atoms with Crippen LogP contribution in [0.2, 0.25) is 10.0 Å². The molecule has 4 fully saturated rings. The molecule has 0 saturated heterocycles. The van der Waals surface area contributed by atoms with E-state index in [4.69, 9.17) is 32.7 Å². The first-order valence-electron chi connectivity index (χ1n) is 15.0. The average molecular weight is 596 g/mol. The Morgan fingerprint density at radius 3 is 2.42 bits per heavy atom. The quantitative estimate of drug-likeness (QED) is 0.355. The molecule has 4 aliphatic rings. The Balaban J connectivity index is 1.31. The van der Waals surface area contributed by atoms with Crippen LogP contribution in [0, 0.1) is 46.3 Å². The zero-order valence-corrected chi connectivity index (χ0v) is 25.6. The summed E-state index contributed by atoms with van der Waals surface area (Å²) in [7, 11) is 1.43. The van der Waals surface area contributed by atoms with Crippen LogP contribution in [0.5, 0.6) is 0 Å². The van der Waals surface area contributed by atoms with E-state index in [9.17, 15) is 19.8 Å². The first-order valence-corrected chi connectivity index (χ1v) is 15.7. The van der Waals surface area contributed by atoms with Gasteiger partial charge in [-0.15, -0.1) is 0 Å². The van der Waals surface area contributed by atoms with Crippen molar-refractivity contribution in [2.45, 2.75) is 96.9 Å². The molecule has 0 bridgehead atoms. The number of hydrogen-bond donors (Lipinski definition) is 2. The van der Waals surface area contributed by atoms with Crippen molar-refractivity contribution in [2.75, 3.05) is 7.11 Å². The summed E-state index contributed by atoms with van der Waals surface area (Å²) in [6.45, 7) is 6.78. The molecule has 4 aliphatic carbocycles. The minimum atomic E-state index is -0.499. The summed E-state index contributed by atoms with van der Waals surface area (Å²) in [5.41, 5.74) is -0.109. The van der Waals surface area contributed by atoms with Crippen molar-refractivity contribution in [1.82, 2.24) is 0 Å². The molecule has 0 spiro atoms. The minimum absolute atomic E-state index is 0.0360. The van der Waals surface area contributed by atoms with E-state index in [1.165, 1.54) is 7.11 Å². The van der Waals surface area contributed by atoms with E-state index < -0.39 is 18.2 Å². The molecule has 0 amide bonds. The molecule has 6 nitrogen and oxygen atoms in total. The van der Waals surface area contributed by atoms with Crippen LogP contribution in [0.15, 0.2) is 18.2 Å². The lowest BCUT2D eigenvalue weighted by molar-refractivity contribution is -0.207. The maximum Gasteiger partial charge on any atom is 0.341 e. The summed E-state index contributed by atoms with van der Waals surface area (Å²) in [6.07, 6.45) is 5.69. The molecule has 8 heteroatoms. The van der Waals surface area contributed by atoms with Crippen LogP contribution >= 0.6 is 23.2 Å². The largest absolute Gasteiger partial charge is 0.469 e. The number of ether oxygens (including phenoxy) is 2. The highest BCUT2D eigenvalue weighted by atomic mass is 35.5. The molecular formula is C32H44Cl2O6. The summed E-state index contributed by atoms with van der Waals surface area (Å²) < 4.78 is 10.8. The zero-order valence-electron chi connectivity index (χ0n) is 24.1. The van der Waals surface area contributed by atoms with Gasteiger partial charge in [0, 0.05) is 6.42 Å². The van der Waals surface area contributed by atoms with Crippen LogP contribution in [0.25, 0.3) is 0 Å². The third-order valence-corrected chi connectivity index (χ3v) is 12.6. The lowest BCUT2D eigenvalue weighted by Crippen LogP contribution is -2.62. The van der Waals surface area contributed by atoms with Gasteiger partial charge in [-0.05, 0) is 110 Å². The monoisotopic (exact) mass is 594 g/mol. The number of aliphatic hydroxyl groups excluding tert-OH is 2. The summed E-state index contributed by atoms with van der Waals surface area (Å²) >= 11 is 12.5. The van der Waals surface area contributed by atoms with Gasteiger partial charge in [0.15, 0.2) is 0 Å². The Kier molecular flexibility index (Phi) is 8.58. The van der Waals surface area contributed by atoms with E-state index >= 15 is 0 Å². The second kappa shape index (κ2) is 11.4. The van der Waals surface area contributed by atoms with Gasteiger partial charge < -0.3 is 19.7 Å². The molecule has 0 aliphatic heterocycles. The first-order chi connectivity index (χ1) is 18.9.